The van der Waals surface area contributed by atoms with Crippen LogP contribution in [0.1, 0.15) is 44.5 Å². The Labute approximate surface area is 114 Å². The van der Waals surface area contributed by atoms with Crippen LogP contribution < -0.4 is 11.1 Å². The first-order valence-corrected chi connectivity index (χ1v) is 7.43. The van der Waals surface area contributed by atoms with Gasteiger partial charge in [0.2, 0.25) is 5.91 Å². The molecule has 0 bridgehead atoms. The summed E-state index contributed by atoms with van der Waals surface area (Å²) in [7, 11) is 0. The van der Waals surface area contributed by atoms with E-state index in [1.165, 1.54) is 4.88 Å². The molecule has 3 nitrogen and oxygen atoms in total. The summed E-state index contributed by atoms with van der Waals surface area (Å²) in [6.07, 6.45) is 1.54. The van der Waals surface area contributed by atoms with Gasteiger partial charge in [0.05, 0.1) is 6.04 Å². The van der Waals surface area contributed by atoms with Crippen molar-refractivity contribution in [3.63, 3.8) is 0 Å². The van der Waals surface area contributed by atoms with Crippen molar-refractivity contribution in [2.75, 3.05) is 6.54 Å². The summed E-state index contributed by atoms with van der Waals surface area (Å²) in [5.74, 6) is 0.980. The molecule has 0 aliphatic heterocycles. The number of hydrogen-bond donors (Lipinski definition) is 2. The van der Waals surface area contributed by atoms with Gasteiger partial charge in [-0.15, -0.1) is 11.3 Å². The number of amides is 1. The maximum atomic E-state index is 11.9. The van der Waals surface area contributed by atoms with Gasteiger partial charge in [-0.25, -0.2) is 0 Å². The van der Waals surface area contributed by atoms with E-state index in [0.717, 1.165) is 6.42 Å². The Bertz CT molecular complexity index is 349. The normalized spacial score (nSPS) is 14.5. The van der Waals surface area contributed by atoms with E-state index in [1.807, 2.05) is 24.4 Å². The molecule has 1 heterocycles. The highest BCUT2D eigenvalue weighted by molar-refractivity contribution is 7.10. The van der Waals surface area contributed by atoms with Crippen LogP contribution in [0.15, 0.2) is 17.5 Å². The molecule has 0 saturated carbocycles. The first-order chi connectivity index (χ1) is 8.52. The van der Waals surface area contributed by atoms with Gasteiger partial charge >= 0.3 is 0 Å². The van der Waals surface area contributed by atoms with Gasteiger partial charge < -0.3 is 11.1 Å². The Hall–Kier alpha value is -0.870. The van der Waals surface area contributed by atoms with Gasteiger partial charge in [-0.1, -0.05) is 19.9 Å². The van der Waals surface area contributed by atoms with Crippen LogP contribution in [0.3, 0.4) is 0 Å². The molecule has 1 amide bonds. The standard InChI is InChI=1S/C14H24N2OS/c1-10(2)7-12(9-15)8-14(17)16-11(3)13-5-4-6-18-13/h4-6,10-12H,7-9,15H2,1-3H3,(H,16,17)/t11-,12?/m1/s1. The lowest BCUT2D eigenvalue weighted by molar-refractivity contribution is -0.122. The number of carbonyl (C=O) groups is 1. The Morgan fingerprint density at radius 2 is 2.17 bits per heavy atom. The number of rotatable bonds is 7. The lowest BCUT2D eigenvalue weighted by Crippen LogP contribution is -2.30. The van der Waals surface area contributed by atoms with E-state index in [-0.39, 0.29) is 11.9 Å². The molecule has 1 aromatic heterocycles. The molecule has 1 rings (SSSR count). The van der Waals surface area contributed by atoms with Crippen LogP contribution in [0.25, 0.3) is 0 Å². The minimum absolute atomic E-state index is 0.0926. The second-order valence-electron chi connectivity index (χ2n) is 5.24. The molecule has 0 aromatic carbocycles. The van der Waals surface area contributed by atoms with Gasteiger partial charge in [0.15, 0.2) is 0 Å². The topological polar surface area (TPSA) is 55.1 Å². The average molecular weight is 268 g/mol. The lowest BCUT2D eigenvalue weighted by atomic mass is 9.94. The molecule has 0 radical (unpaired) electrons. The van der Waals surface area contributed by atoms with Gasteiger partial charge in [-0.2, -0.15) is 0 Å². The van der Waals surface area contributed by atoms with E-state index in [1.54, 1.807) is 11.3 Å². The highest BCUT2D eigenvalue weighted by Crippen LogP contribution is 2.19. The molecular formula is C14H24N2OS. The molecule has 0 spiro atoms. The fourth-order valence-electron chi connectivity index (χ4n) is 2.10. The molecule has 18 heavy (non-hydrogen) atoms. The SMILES string of the molecule is CC(C)CC(CN)CC(=O)N[C@H](C)c1cccs1. The number of thiophene rings is 1. The van der Waals surface area contributed by atoms with Crippen molar-refractivity contribution in [2.45, 2.75) is 39.7 Å². The summed E-state index contributed by atoms with van der Waals surface area (Å²) < 4.78 is 0. The second-order valence-corrected chi connectivity index (χ2v) is 6.22. The van der Waals surface area contributed by atoms with Crippen LogP contribution in [0.4, 0.5) is 0 Å². The van der Waals surface area contributed by atoms with E-state index in [9.17, 15) is 4.79 Å². The predicted molar refractivity (Wildman–Crippen MR) is 77.5 cm³/mol. The predicted octanol–water partition coefficient (Wildman–Crippen LogP) is 2.94. The Balaban J connectivity index is 2.40. The van der Waals surface area contributed by atoms with E-state index in [0.29, 0.717) is 24.8 Å². The highest BCUT2D eigenvalue weighted by Gasteiger charge is 2.16. The molecule has 1 unspecified atom stereocenters. The van der Waals surface area contributed by atoms with Crippen LogP contribution in [-0.4, -0.2) is 12.5 Å². The second kappa shape index (κ2) is 7.54. The number of nitrogens with two attached hydrogens (primary N) is 1. The van der Waals surface area contributed by atoms with Gasteiger partial charge in [0.1, 0.15) is 0 Å². The fraction of sp³-hybridized carbons (Fsp3) is 0.643. The maximum absolute atomic E-state index is 11.9. The third-order valence-corrected chi connectivity index (χ3v) is 4.01. The lowest BCUT2D eigenvalue weighted by Gasteiger charge is -2.18. The van der Waals surface area contributed by atoms with E-state index in [4.69, 9.17) is 5.73 Å². The van der Waals surface area contributed by atoms with E-state index < -0.39 is 0 Å². The Morgan fingerprint density at radius 1 is 1.44 bits per heavy atom. The van der Waals surface area contributed by atoms with E-state index >= 15 is 0 Å². The summed E-state index contributed by atoms with van der Waals surface area (Å²) >= 11 is 1.67. The minimum atomic E-state index is 0.0926. The molecule has 102 valence electrons. The Kier molecular flexibility index (Phi) is 6.36. The minimum Gasteiger partial charge on any atom is -0.349 e. The van der Waals surface area contributed by atoms with Crippen LogP contribution in [0.2, 0.25) is 0 Å². The van der Waals surface area contributed by atoms with Gasteiger partial charge in [0, 0.05) is 11.3 Å². The highest BCUT2D eigenvalue weighted by atomic mass is 32.1. The number of nitrogens with one attached hydrogen (secondary N) is 1. The summed E-state index contributed by atoms with van der Waals surface area (Å²) in [5, 5.41) is 5.06. The zero-order chi connectivity index (χ0) is 13.5. The quantitative estimate of drug-likeness (QED) is 0.799. The van der Waals surface area contributed by atoms with Gasteiger partial charge in [-0.3, -0.25) is 4.79 Å². The van der Waals surface area contributed by atoms with Crippen LogP contribution in [-0.2, 0) is 4.79 Å². The molecule has 0 aliphatic carbocycles. The number of hydrogen-bond acceptors (Lipinski definition) is 3. The van der Waals surface area contributed by atoms with Crippen molar-refractivity contribution >= 4 is 17.2 Å². The summed E-state index contributed by atoms with van der Waals surface area (Å²) in [6, 6.07) is 4.14. The molecule has 2 atom stereocenters. The maximum Gasteiger partial charge on any atom is 0.220 e. The van der Waals surface area contributed by atoms with Crippen LogP contribution >= 0.6 is 11.3 Å². The van der Waals surface area contributed by atoms with Crippen molar-refractivity contribution in [1.29, 1.82) is 0 Å². The fourth-order valence-corrected chi connectivity index (χ4v) is 2.84. The third kappa shape index (κ3) is 5.19. The molecule has 4 heteroatoms. The summed E-state index contributed by atoms with van der Waals surface area (Å²) in [5.41, 5.74) is 5.72. The Morgan fingerprint density at radius 3 is 2.67 bits per heavy atom. The van der Waals surface area contributed by atoms with Gasteiger partial charge in [0.25, 0.3) is 0 Å². The number of carbonyl (C=O) groups excluding carboxylic acids is 1. The molecule has 0 aliphatic rings. The first kappa shape index (κ1) is 15.2. The monoisotopic (exact) mass is 268 g/mol. The summed E-state index contributed by atoms with van der Waals surface area (Å²) in [6.45, 7) is 6.92. The van der Waals surface area contributed by atoms with E-state index in [2.05, 4.69) is 19.2 Å². The zero-order valence-corrected chi connectivity index (χ0v) is 12.3. The largest absolute Gasteiger partial charge is 0.349 e. The van der Waals surface area contributed by atoms with Crippen molar-refractivity contribution in [1.82, 2.24) is 5.32 Å². The third-order valence-electron chi connectivity index (χ3n) is 2.96. The molecule has 0 fully saturated rings. The van der Waals surface area contributed by atoms with Crippen LogP contribution in [0, 0.1) is 11.8 Å². The first-order valence-electron chi connectivity index (χ1n) is 6.55. The smallest absolute Gasteiger partial charge is 0.220 e. The van der Waals surface area contributed by atoms with Crippen molar-refractivity contribution in [3.05, 3.63) is 22.4 Å². The summed E-state index contributed by atoms with van der Waals surface area (Å²) in [4.78, 5) is 13.1. The molecular weight excluding hydrogens is 244 g/mol. The molecule has 3 N–H and O–H groups in total. The van der Waals surface area contributed by atoms with Crippen LogP contribution in [0.5, 0.6) is 0 Å². The van der Waals surface area contributed by atoms with Gasteiger partial charge in [-0.05, 0) is 43.2 Å². The zero-order valence-electron chi connectivity index (χ0n) is 11.5. The van der Waals surface area contributed by atoms with Crippen molar-refractivity contribution in [2.24, 2.45) is 17.6 Å². The van der Waals surface area contributed by atoms with Crippen molar-refractivity contribution < 1.29 is 4.79 Å². The average Bonchev–Trinajstić information content (AvgIpc) is 2.80. The molecule has 0 saturated heterocycles. The van der Waals surface area contributed by atoms with Crippen molar-refractivity contribution in [3.8, 4) is 0 Å². The molecule has 1 aromatic rings.